The van der Waals surface area contributed by atoms with Crippen LogP contribution in [0.2, 0.25) is 10.0 Å². The van der Waals surface area contributed by atoms with E-state index in [4.69, 9.17) is 23.2 Å². The minimum absolute atomic E-state index is 0.162. The van der Waals surface area contributed by atoms with Gasteiger partial charge in [-0.1, -0.05) is 29.3 Å². The molecule has 0 fully saturated rings. The molecule has 3 aromatic heterocycles. The fraction of sp³-hybridized carbons (Fsp3) is 0.261. The molecule has 0 aliphatic rings. The molecule has 3 heterocycles. The molecule has 0 saturated carbocycles. The van der Waals surface area contributed by atoms with Gasteiger partial charge < -0.3 is 5.32 Å². The molecule has 0 aliphatic carbocycles. The van der Waals surface area contributed by atoms with Gasteiger partial charge in [-0.05, 0) is 51.5 Å². The Morgan fingerprint density at radius 3 is 2.45 bits per heavy atom. The lowest BCUT2D eigenvalue weighted by molar-refractivity contribution is -0.115. The van der Waals surface area contributed by atoms with Crippen LogP contribution in [0.15, 0.2) is 36.5 Å². The van der Waals surface area contributed by atoms with Crippen molar-refractivity contribution in [2.45, 2.75) is 40.7 Å². The largest absolute Gasteiger partial charge is 0.311 e. The smallest absolute Gasteiger partial charge is 0.251 e. The first-order valence-corrected chi connectivity index (χ1v) is 11.1. The molecule has 1 aromatic carbocycles. The van der Waals surface area contributed by atoms with Crippen LogP contribution in [0, 0.1) is 27.7 Å². The van der Waals surface area contributed by atoms with Crippen molar-refractivity contribution in [3.63, 3.8) is 0 Å². The fourth-order valence-corrected chi connectivity index (χ4v) is 4.12. The van der Waals surface area contributed by atoms with Gasteiger partial charge in [0.25, 0.3) is 5.95 Å². The Balaban J connectivity index is 1.51. The highest BCUT2D eigenvalue weighted by atomic mass is 35.5. The van der Waals surface area contributed by atoms with Crippen LogP contribution in [-0.2, 0) is 17.8 Å². The van der Waals surface area contributed by atoms with Crippen molar-refractivity contribution in [1.82, 2.24) is 29.5 Å². The first-order chi connectivity index (χ1) is 15.7. The second-order valence-corrected chi connectivity index (χ2v) is 8.69. The number of carbonyl (C=O) groups is 1. The van der Waals surface area contributed by atoms with E-state index in [-0.39, 0.29) is 12.3 Å². The predicted octanol–water partition coefficient (Wildman–Crippen LogP) is 4.63. The average molecular weight is 484 g/mol. The molecule has 8 nitrogen and oxygen atoms in total. The van der Waals surface area contributed by atoms with Gasteiger partial charge in [0, 0.05) is 38.8 Å². The quantitative estimate of drug-likeness (QED) is 0.431. The van der Waals surface area contributed by atoms with Crippen LogP contribution < -0.4 is 5.32 Å². The van der Waals surface area contributed by atoms with E-state index in [1.54, 1.807) is 33.8 Å². The molecule has 0 unspecified atom stereocenters. The summed E-state index contributed by atoms with van der Waals surface area (Å²) in [6.07, 6.45) is 1.79. The van der Waals surface area contributed by atoms with Crippen molar-refractivity contribution < 1.29 is 4.79 Å². The summed E-state index contributed by atoms with van der Waals surface area (Å²) in [5.41, 5.74) is 4.99. The van der Waals surface area contributed by atoms with Gasteiger partial charge in [-0.25, -0.2) is 19.3 Å². The van der Waals surface area contributed by atoms with E-state index in [1.165, 1.54) is 0 Å². The molecule has 0 spiro atoms. The summed E-state index contributed by atoms with van der Waals surface area (Å²) in [7, 11) is 0. The summed E-state index contributed by atoms with van der Waals surface area (Å²) in [6, 6.07) is 8.95. The van der Waals surface area contributed by atoms with Gasteiger partial charge in [0.2, 0.25) is 5.91 Å². The van der Waals surface area contributed by atoms with E-state index in [2.05, 4.69) is 25.5 Å². The van der Waals surface area contributed by atoms with E-state index in [1.807, 2.05) is 39.8 Å². The summed E-state index contributed by atoms with van der Waals surface area (Å²) in [5.74, 6) is 0.898. The lowest BCUT2D eigenvalue weighted by Gasteiger charge is -2.11. The minimum atomic E-state index is -0.175. The van der Waals surface area contributed by atoms with Crippen molar-refractivity contribution in [3.05, 3.63) is 80.5 Å². The highest BCUT2D eigenvalue weighted by Crippen LogP contribution is 2.23. The van der Waals surface area contributed by atoms with E-state index in [0.717, 1.165) is 33.9 Å². The normalized spacial score (nSPS) is 11.1. The number of hydrogen-bond donors (Lipinski definition) is 1. The molecule has 0 saturated heterocycles. The second kappa shape index (κ2) is 9.33. The van der Waals surface area contributed by atoms with Gasteiger partial charge in [-0.15, -0.1) is 0 Å². The average Bonchev–Trinajstić information content (AvgIpc) is 3.28. The Morgan fingerprint density at radius 1 is 1.03 bits per heavy atom. The fourth-order valence-electron chi connectivity index (χ4n) is 3.65. The highest BCUT2D eigenvalue weighted by Gasteiger charge is 2.18. The third-order valence-electron chi connectivity index (χ3n) is 5.26. The maximum absolute atomic E-state index is 12.9. The molecule has 1 N–H and O–H groups in total. The van der Waals surface area contributed by atoms with Crippen LogP contribution in [0.3, 0.4) is 0 Å². The van der Waals surface area contributed by atoms with Crippen molar-refractivity contribution in [2.75, 3.05) is 5.32 Å². The molecule has 0 aliphatic heterocycles. The van der Waals surface area contributed by atoms with Crippen LogP contribution in [0.4, 0.5) is 5.82 Å². The molecular formula is C23H23Cl2N7O. The molecule has 0 bridgehead atoms. The van der Waals surface area contributed by atoms with Crippen LogP contribution in [0.1, 0.15) is 33.9 Å². The zero-order valence-corrected chi connectivity index (χ0v) is 20.2. The topological polar surface area (TPSA) is 90.5 Å². The summed E-state index contributed by atoms with van der Waals surface area (Å²) in [6.45, 7) is 8.02. The van der Waals surface area contributed by atoms with Gasteiger partial charge in [0.15, 0.2) is 0 Å². The highest BCUT2D eigenvalue weighted by molar-refractivity contribution is 6.35. The van der Waals surface area contributed by atoms with Crippen molar-refractivity contribution in [3.8, 4) is 5.95 Å². The molecule has 4 aromatic rings. The first kappa shape index (κ1) is 22.9. The van der Waals surface area contributed by atoms with Crippen LogP contribution in [0.5, 0.6) is 0 Å². The number of anilines is 1. The zero-order chi connectivity index (χ0) is 23.7. The van der Waals surface area contributed by atoms with Crippen LogP contribution in [-0.4, -0.2) is 35.4 Å². The maximum Gasteiger partial charge on any atom is 0.251 e. The number of halogens is 2. The van der Waals surface area contributed by atoms with Gasteiger partial charge in [-0.2, -0.15) is 10.2 Å². The number of rotatable bonds is 6. The molecule has 0 radical (unpaired) electrons. The Bertz CT molecular complexity index is 1320. The SMILES string of the molecule is Cc1cc(C)nc(-n2nc(C)c(CC(=O)Nc3ccnn3Cc3ccc(Cl)cc3Cl)c2C)n1. The number of carbonyl (C=O) groups excluding carboxylic acids is 1. The van der Waals surface area contributed by atoms with Gasteiger partial charge in [0.1, 0.15) is 5.82 Å². The molecular weight excluding hydrogens is 461 g/mol. The number of benzene rings is 1. The first-order valence-electron chi connectivity index (χ1n) is 10.3. The lowest BCUT2D eigenvalue weighted by atomic mass is 10.1. The van der Waals surface area contributed by atoms with Gasteiger partial charge in [-0.3, -0.25) is 4.79 Å². The zero-order valence-electron chi connectivity index (χ0n) is 18.7. The lowest BCUT2D eigenvalue weighted by Crippen LogP contribution is -2.18. The number of nitrogens with one attached hydrogen (secondary N) is 1. The van der Waals surface area contributed by atoms with Crippen molar-refractivity contribution >= 4 is 34.9 Å². The van der Waals surface area contributed by atoms with Gasteiger partial charge in [0.05, 0.1) is 24.9 Å². The molecule has 10 heteroatoms. The van der Waals surface area contributed by atoms with E-state index >= 15 is 0 Å². The van der Waals surface area contributed by atoms with Crippen LogP contribution in [0.25, 0.3) is 5.95 Å². The number of aryl methyl sites for hydroxylation is 3. The molecule has 1 amide bonds. The Kier molecular flexibility index (Phi) is 6.49. The molecule has 33 heavy (non-hydrogen) atoms. The monoisotopic (exact) mass is 483 g/mol. The maximum atomic E-state index is 12.9. The third kappa shape index (κ3) is 5.07. The Labute approximate surface area is 201 Å². The Morgan fingerprint density at radius 2 is 1.76 bits per heavy atom. The van der Waals surface area contributed by atoms with Crippen LogP contribution >= 0.6 is 23.2 Å². The summed E-state index contributed by atoms with van der Waals surface area (Å²) in [4.78, 5) is 21.9. The number of aromatic nitrogens is 6. The Hall–Kier alpha value is -3.23. The molecule has 4 rings (SSSR count). The van der Waals surface area contributed by atoms with Crippen molar-refractivity contribution in [1.29, 1.82) is 0 Å². The molecule has 0 atom stereocenters. The summed E-state index contributed by atoms with van der Waals surface area (Å²) in [5, 5.41) is 12.9. The van der Waals surface area contributed by atoms with Crippen molar-refractivity contribution in [2.24, 2.45) is 0 Å². The number of nitrogens with zero attached hydrogens (tertiary/aromatic N) is 6. The standard InChI is InChI=1S/C23H23Cl2N7O/c1-13-9-14(2)28-23(27-13)32-16(4)19(15(3)30-32)11-22(33)29-21-7-8-26-31(21)12-17-5-6-18(24)10-20(17)25/h5-10H,11-12H2,1-4H3,(H,29,33). The predicted molar refractivity (Wildman–Crippen MR) is 128 cm³/mol. The summed E-state index contributed by atoms with van der Waals surface area (Å²) < 4.78 is 3.37. The summed E-state index contributed by atoms with van der Waals surface area (Å²) >= 11 is 12.3. The van der Waals surface area contributed by atoms with Gasteiger partial charge >= 0.3 is 0 Å². The van der Waals surface area contributed by atoms with E-state index in [9.17, 15) is 4.79 Å². The number of amides is 1. The minimum Gasteiger partial charge on any atom is -0.311 e. The number of hydrogen-bond acceptors (Lipinski definition) is 5. The second-order valence-electron chi connectivity index (χ2n) is 7.85. The van der Waals surface area contributed by atoms with E-state index in [0.29, 0.717) is 28.4 Å². The van der Waals surface area contributed by atoms with E-state index < -0.39 is 0 Å². The third-order valence-corrected chi connectivity index (χ3v) is 5.84. The molecule has 170 valence electrons.